The van der Waals surface area contributed by atoms with E-state index in [1.165, 1.54) is 17.0 Å². The van der Waals surface area contributed by atoms with Crippen LogP contribution in [0.15, 0.2) is 48.5 Å². The molecule has 0 radical (unpaired) electrons. The summed E-state index contributed by atoms with van der Waals surface area (Å²) in [4.78, 5) is 27.9. The van der Waals surface area contributed by atoms with Crippen LogP contribution in [0.3, 0.4) is 0 Å². The highest BCUT2D eigenvalue weighted by molar-refractivity contribution is 6.21. The maximum Gasteiger partial charge on any atom is 0.416 e. The van der Waals surface area contributed by atoms with E-state index in [1.807, 2.05) is 6.92 Å². The van der Waals surface area contributed by atoms with Crippen molar-refractivity contribution in [2.24, 2.45) is 0 Å². The second-order valence-electron chi connectivity index (χ2n) is 8.93. The third kappa shape index (κ3) is 4.81. The van der Waals surface area contributed by atoms with E-state index in [-0.39, 0.29) is 36.6 Å². The molecule has 2 aliphatic heterocycles. The highest BCUT2D eigenvalue weighted by Crippen LogP contribution is 2.35. The van der Waals surface area contributed by atoms with Gasteiger partial charge in [0.2, 0.25) is 5.91 Å². The first-order chi connectivity index (χ1) is 16.1. The van der Waals surface area contributed by atoms with Crippen LogP contribution in [0.4, 0.5) is 18.9 Å². The van der Waals surface area contributed by atoms with Crippen molar-refractivity contribution in [2.75, 3.05) is 24.6 Å². The monoisotopic (exact) mass is 477 g/mol. The second-order valence-corrected chi connectivity index (χ2v) is 8.93. The Hall–Kier alpha value is -2.91. The van der Waals surface area contributed by atoms with Crippen LogP contribution in [0.5, 0.6) is 5.75 Å². The summed E-state index contributed by atoms with van der Waals surface area (Å²) in [5.74, 6) is 0.0759. The average molecular weight is 478 g/mol. The lowest BCUT2D eigenvalue weighted by Gasteiger charge is -2.38. The molecule has 0 saturated carbocycles. The van der Waals surface area contributed by atoms with Crippen LogP contribution < -0.4 is 14.5 Å². The number of ether oxygens (including phenoxy) is 1. The summed E-state index contributed by atoms with van der Waals surface area (Å²) in [6, 6.07) is 11.0. The van der Waals surface area contributed by atoms with Crippen molar-refractivity contribution < 1.29 is 37.5 Å². The van der Waals surface area contributed by atoms with E-state index in [2.05, 4.69) is 0 Å². The first-order valence-corrected chi connectivity index (χ1v) is 11.5. The van der Waals surface area contributed by atoms with Crippen molar-refractivity contribution in [2.45, 2.75) is 50.4 Å². The summed E-state index contributed by atoms with van der Waals surface area (Å²) in [5, 5.41) is 11.1. The molecule has 2 aromatic rings. The number of piperidine rings is 1. The molecule has 0 bridgehead atoms. The van der Waals surface area contributed by atoms with Crippen LogP contribution in [0.25, 0.3) is 0 Å². The van der Waals surface area contributed by atoms with Gasteiger partial charge in [0, 0.05) is 12.8 Å². The molecule has 4 rings (SSSR count). The van der Waals surface area contributed by atoms with Crippen LogP contribution >= 0.6 is 0 Å². The van der Waals surface area contributed by atoms with Gasteiger partial charge in [-0.2, -0.15) is 13.2 Å². The number of rotatable bonds is 6. The number of nitrogens with one attached hydrogen (secondary N) is 1. The number of alkyl halides is 3. The molecular weight excluding hydrogens is 449 g/mol. The molecule has 1 unspecified atom stereocenters. The minimum atomic E-state index is -4.49. The molecule has 9 heteroatoms. The van der Waals surface area contributed by atoms with Crippen molar-refractivity contribution in [3.05, 3.63) is 59.7 Å². The van der Waals surface area contributed by atoms with Crippen molar-refractivity contribution in [3.63, 3.8) is 0 Å². The molecule has 2 N–H and O–H groups in total. The van der Waals surface area contributed by atoms with Gasteiger partial charge in [-0.15, -0.1) is 0 Å². The number of quaternary nitrogens is 1. The van der Waals surface area contributed by atoms with Crippen LogP contribution in [0, 0.1) is 0 Å². The number of likely N-dealkylation sites (tertiary alicyclic amines) is 1. The summed E-state index contributed by atoms with van der Waals surface area (Å²) in [5.41, 5.74) is -1.49. The van der Waals surface area contributed by atoms with Crippen LogP contribution in [0.1, 0.15) is 43.7 Å². The van der Waals surface area contributed by atoms with Gasteiger partial charge in [-0.1, -0.05) is 19.1 Å². The van der Waals surface area contributed by atoms with E-state index in [1.54, 1.807) is 24.3 Å². The lowest BCUT2D eigenvalue weighted by Crippen LogP contribution is -3.18. The summed E-state index contributed by atoms with van der Waals surface area (Å²) >= 11 is 0. The van der Waals surface area contributed by atoms with E-state index < -0.39 is 23.4 Å². The lowest BCUT2D eigenvalue weighted by atomic mass is 9.83. The Balaban J connectivity index is 1.43. The summed E-state index contributed by atoms with van der Waals surface area (Å²) in [7, 11) is 0. The number of carbonyl (C=O) groups excluding carboxylic acids is 2. The Morgan fingerprint density at radius 1 is 1.12 bits per heavy atom. The number of aliphatic hydroxyl groups is 1. The molecule has 2 heterocycles. The molecule has 2 aromatic carbocycles. The minimum Gasteiger partial charge on any atom is -0.494 e. The molecule has 0 aliphatic carbocycles. The highest BCUT2D eigenvalue weighted by Gasteiger charge is 2.48. The number of hydrogen-bond donors (Lipinski definition) is 2. The number of benzene rings is 2. The van der Waals surface area contributed by atoms with Crippen molar-refractivity contribution in [1.82, 2.24) is 0 Å². The maximum atomic E-state index is 13.1. The van der Waals surface area contributed by atoms with Gasteiger partial charge in [-0.3, -0.25) is 9.59 Å². The second kappa shape index (κ2) is 9.38. The fraction of sp³-hybridized carbons (Fsp3) is 0.440. The zero-order chi connectivity index (χ0) is 24.5. The van der Waals surface area contributed by atoms with Gasteiger partial charge < -0.3 is 14.7 Å². The Morgan fingerprint density at radius 2 is 1.79 bits per heavy atom. The lowest BCUT2D eigenvalue weighted by molar-refractivity contribution is -0.922. The van der Waals surface area contributed by atoms with E-state index in [9.17, 15) is 27.9 Å². The number of anilines is 1. The molecule has 2 aliphatic rings. The largest absolute Gasteiger partial charge is 0.494 e. The first kappa shape index (κ1) is 24.2. The third-order valence-corrected chi connectivity index (χ3v) is 6.65. The molecule has 0 spiro atoms. The summed E-state index contributed by atoms with van der Waals surface area (Å²) in [6.45, 7) is 3.32. The van der Waals surface area contributed by atoms with Crippen molar-refractivity contribution >= 4 is 17.5 Å². The van der Waals surface area contributed by atoms with E-state index in [0.29, 0.717) is 31.1 Å². The highest BCUT2D eigenvalue weighted by atomic mass is 19.4. The summed E-state index contributed by atoms with van der Waals surface area (Å²) < 4.78 is 44.8. The Morgan fingerprint density at radius 3 is 2.41 bits per heavy atom. The fourth-order valence-electron chi connectivity index (χ4n) is 4.74. The van der Waals surface area contributed by atoms with E-state index in [4.69, 9.17) is 4.74 Å². The molecule has 182 valence electrons. The Bertz CT molecular complexity index is 1050. The van der Waals surface area contributed by atoms with E-state index >= 15 is 0 Å². The van der Waals surface area contributed by atoms with Crippen molar-refractivity contribution in [1.29, 1.82) is 0 Å². The number of halogens is 3. The topological polar surface area (TPSA) is 71.3 Å². The molecular formula is C25H28F3N2O4+. The van der Waals surface area contributed by atoms with E-state index in [0.717, 1.165) is 23.5 Å². The molecule has 6 nitrogen and oxygen atoms in total. The van der Waals surface area contributed by atoms with Gasteiger partial charge >= 0.3 is 6.18 Å². The molecule has 1 atom stereocenters. The van der Waals surface area contributed by atoms with Gasteiger partial charge in [-0.05, 0) is 48.4 Å². The number of imide groups is 1. The number of amides is 2. The Kier molecular flexibility index (Phi) is 6.69. The molecule has 2 fully saturated rings. The number of hydrogen-bond acceptors (Lipinski definition) is 4. The smallest absolute Gasteiger partial charge is 0.416 e. The zero-order valence-electron chi connectivity index (χ0n) is 18.9. The number of carbonyl (C=O) groups is 2. The van der Waals surface area contributed by atoms with Gasteiger partial charge in [0.25, 0.3) is 5.91 Å². The number of nitrogens with zero attached hydrogens (tertiary/aromatic N) is 1. The predicted molar refractivity (Wildman–Crippen MR) is 118 cm³/mol. The minimum absolute atomic E-state index is 0.0598. The normalized spacial score (nSPS) is 25.6. The summed E-state index contributed by atoms with van der Waals surface area (Å²) in [6.07, 6.45) is -3.16. The average Bonchev–Trinajstić information content (AvgIpc) is 3.12. The predicted octanol–water partition coefficient (Wildman–Crippen LogP) is 2.69. The maximum absolute atomic E-state index is 13.1. The van der Waals surface area contributed by atoms with Gasteiger partial charge in [0.1, 0.15) is 11.4 Å². The SMILES string of the molecule is CCCOc1ccc(N2C(=O)CC([NH+]3CCC(O)(c4cccc(C(F)(F)F)c4)CC3)C2=O)cc1. The van der Waals surface area contributed by atoms with Crippen LogP contribution in [-0.4, -0.2) is 42.7 Å². The molecule has 34 heavy (non-hydrogen) atoms. The fourth-order valence-corrected chi connectivity index (χ4v) is 4.74. The van der Waals surface area contributed by atoms with Crippen LogP contribution in [-0.2, 0) is 21.4 Å². The van der Waals surface area contributed by atoms with Crippen molar-refractivity contribution in [3.8, 4) is 5.75 Å². The standard InChI is InChI=1S/C25H27F3N2O4/c1-2-14-34-20-8-6-19(7-9-20)30-22(31)16-21(23(30)32)29-12-10-24(33,11-13-29)17-4-3-5-18(15-17)25(26,27)28/h3-9,15,21,33H,2,10-14,16H2,1H3/p+1. The van der Waals surface area contributed by atoms with Gasteiger partial charge in [0.15, 0.2) is 6.04 Å². The molecule has 0 aromatic heterocycles. The van der Waals surface area contributed by atoms with Gasteiger partial charge in [-0.25, -0.2) is 4.90 Å². The van der Waals surface area contributed by atoms with Crippen LogP contribution in [0.2, 0.25) is 0 Å². The van der Waals surface area contributed by atoms with Gasteiger partial charge in [0.05, 0.1) is 37.4 Å². The first-order valence-electron chi connectivity index (χ1n) is 11.5. The molecule has 2 saturated heterocycles. The third-order valence-electron chi connectivity index (χ3n) is 6.65. The quantitative estimate of drug-likeness (QED) is 0.628. The Labute approximate surface area is 195 Å². The zero-order valence-corrected chi connectivity index (χ0v) is 18.9. The molecule has 2 amide bonds.